The van der Waals surface area contributed by atoms with E-state index in [-0.39, 0.29) is 12.0 Å². The Labute approximate surface area is 114 Å². The summed E-state index contributed by atoms with van der Waals surface area (Å²) in [5.74, 6) is 0.609. The zero-order valence-corrected chi connectivity index (χ0v) is 11.8. The number of anilines is 1. The molecule has 2 atom stereocenters. The Hall–Kier alpha value is -1.55. The molecule has 4 heteroatoms. The Morgan fingerprint density at radius 1 is 1.37 bits per heavy atom. The topological polar surface area (TPSA) is 41.6 Å². The van der Waals surface area contributed by atoms with Gasteiger partial charge in [0.05, 0.1) is 6.10 Å². The third-order valence-electron chi connectivity index (χ3n) is 3.90. The van der Waals surface area contributed by atoms with Crippen LogP contribution < -0.4 is 5.32 Å². The Bertz CT molecular complexity index is 430. The highest BCUT2D eigenvalue weighted by Crippen LogP contribution is 2.21. The number of carbonyl (C=O) groups is 1. The van der Waals surface area contributed by atoms with Gasteiger partial charge in [-0.3, -0.25) is 4.79 Å². The molecule has 1 amide bonds. The number of nitrogens with zero attached hydrogens (tertiary/aromatic N) is 1. The number of likely N-dealkylation sites (tertiary alicyclic amines) is 1. The van der Waals surface area contributed by atoms with Gasteiger partial charge in [0.15, 0.2) is 0 Å². The van der Waals surface area contributed by atoms with Crippen LogP contribution in [0.25, 0.3) is 0 Å². The molecule has 0 aliphatic carbocycles. The van der Waals surface area contributed by atoms with Crippen molar-refractivity contribution in [2.75, 3.05) is 32.6 Å². The number of carbonyl (C=O) groups excluding carboxylic acids is 1. The van der Waals surface area contributed by atoms with Gasteiger partial charge < -0.3 is 15.0 Å². The molecular weight excluding hydrogens is 240 g/mol. The van der Waals surface area contributed by atoms with Gasteiger partial charge in [0.2, 0.25) is 0 Å². The van der Waals surface area contributed by atoms with Crippen LogP contribution in [0.5, 0.6) is 0 Å². The van der Waals surface area contributed by atoms with Crippen LogP contribution in [0.1, 0.15) is 23.7 Å². The van der Waals surface area contributed by atoms with Gasteiger partial charge in [-0.1, -0.05) is 6.92 Å². The third-order valence-corrected chi connectivity index (χ3v) is 3.90. The minimum absolute atomic E-state index is 0.0941. The molecule has 104 valence electrons. The number of nitrogens with one attached hydrogen (secondary N) is 1. The van der Waals surface area contributed by atoms with Gasteiger partial charge in [-0.2, -0.15) is 0 Å². The molecule has 1 aliphatic rings. The predicted octanol–water partition coefficient (Wildman–Crippen LogP) is 2.23. The lowest BCUT2D eigenvalue weighted by Gasteiger charge is -2.36. The fraction of sp³-hybridized carbons (Fsp3) is 0.533. The van der Waals surface area contributed by atoms with E-state index in [9.17, 15) is 4.79 Å². The fourth-order valence-electron chi connectivity index (χ4n) is 2.49. The van der Waals surface area contributed by atoms with E-state index < -0.39 is 0 Å². The summed E-state index contributed by atoms with van der Waals surface area (Å²) in [7, 11) is 3.59. The van der Waals surface area contributed by atoms with Crippen LogP contribution in [0.2, 0.25) is 0 Å². The van der Waals surface area contributed by atoms with E-state index in [4.69, 9.17) is 4.74 Å². The first kappa shape index (κ1) is 13.9. The normalized spacial score (nSPS) is 23.2. The van der Waals surface area contributed by atoms with Crippen molar-refractivity contribution in [1.82, 2.24) is 4.90 Å². The molecule has 1 saturated heterocycles. The molecule has 1 aliphatic heterocycles. The maximum absolute atomic E-state index is 12.4. The van der Waals surface area contributed by atoms with Crippen LogP contribution in [-0.4, -0.2) is 44.2 Å². The lowest BCUT2D eigenvalue weighted by atomic mass is 9.95. The Kier molecular flexibility index (Phi) is 4.43. The lowest BCUT2D eigenvalue weighted by Crippen LogP contribution is -2.46. The molecule has 1 aromatic carbocycles. The summed E-state index contributed by atoms with van der Waals surface area (Å²) in [6.45, 7) is 3.68. The first-order valence-corrected chi connectivity index (χ1v) is 6.75. The van der Waals surface area contributed by atoms with Gasteiger partial charge in [0.25, 0.3) is 5.91 Å². The van der Waals surface area contributed by atoms with Crippen LogP contribution in [0.15, 0.2) is 24.3 Å². The molecule has 19 heavy (non-hydrogen) atoms. The van der Waals surface area contributed by atoms with Crippen molar-refractivity contribution in [2.24, 2.45) is 5.92 Å². The van der Waals surface area contributed by atoms with Crippen LogP contribution in [0.4, 0.5) is 5.69 Å². The molecule has 4 nitrogen and oxygen atoms in total. The second-order valence-corrected chi connectivity index (χ2v) is 5.12. The molecule has 0 aromatic heterocycles. The number of methoxy groups -OCH3 is 1. The van der Waals surface area contributed by atoms with Crippen molar-refractivity contribution in [3.8, 4) is 0 Å². The van der Waals surface area contributed by atoms with Gasteiger partial charge in [0, 0.05) is 38.5 Å². The van der Waals surface area contributed by atoms with Crippen molar-refractivity contribution in [3.63, 3.8) is 0 Å². The zero-order valence-electron chi connectivity index (χ0n) is 11.8. The second kappa shape index (κ2) is 6.06. The summed E-state index contributed by atoms with van der Waals surface area (Å²) in [5.41, 5.74) is 1.75. The molecule has 1 heterocycles. The predicted molar refractivity (Wildman–Crippen MR) is 76.5 cm³/mol. The molecule has 1 fully saturated rings. The Morgan fingerprint density at radius 3 is 2.63 bits per heavy atom. The molecule has 0 bridgehead atoms. The SMILES string of the molecule is CNc1ccc(C(=O)N2CCC(C)C(OC)C2)cc1. The number of ether oxygens (including phenoxy) is 1. The summed E-state index contributed by atoms with van der Waals surface area (Å²) in [6, 6.07) is 7.59. The second-order valence-electron chi connectivity index (χ2n) is 5.12. The average Bonchev–Trinajstić information content (AvgIpc) is 2.47. The van der Waals surface area contributed by atoms with Crippen LogP contribution in [-0.2, 0) is 4.74 Å². The number of hydrogen-bond donors (Lipinski definition) is 1. The largest absolute Gasteiger partial charge is 0.388 e. The molecule has 0 radical (unpaired) electrons. The molecule has 2 unspecified atom stereocenters. The summed E-state index contributed by atoms with van der Waals surface area (Å²) < 4.78 is 5.45. The number of rotatable bonds is 3. The standard InChI is InChI=1S/C15H22N2O2/c1-11-8-9-17(10-14(11)19-3)15(18)12-4-6-13(16-2)7-5-12/h4-7,11,14,16H,8-10H2,1-3H3. The average molecular weight is 262 g/mol. The van der Waals surface area contributed by atoms with E-state index in [0.717, 1.165) is 24.2 Å². The van der Waals surface area contributed by atoms with E-state index in [0.29, 0.717) is 12.5 Å². The summed E-state index contributed by atoms with van der Waals surface area (Å²) in [6.07, 6.45) is 1.15. The molecule has 2 rings (SSSR count). The van der Waals surface area contributed by atoms with Gasteiger partial charge in [-0.15, -0.1) is 0 Å². The first-order chi connectivity index (χ1) is 9.15. The Morgan fingerprint density at radius 2 is 2.05 bits per heavy atom. The van der Waals surface area contributed by atoms with Crippen molar-refractivity contribution in [2.45, 2.75) is 19.4 Å². The van der Waals surface area contributed by atoms with E-state index in [1.54, 1.807) is 7.11 Å². The van der Waals surface area contributed by atoms with E-state index >= 15 is 0 Å². The summed E-state index contributed by atoms with van der Waals surface area (Å²) in [4.78, 5) is 14.3. The van der Waals surface area contributed by atoms with Crippen molar-refractivity contribution in [3.05, 3.63) is 29.8 Å². The van der Waals surface area contributed by atoms with Gasteiger partial charge in [0.1, 0.15) is 0 Å². The maximum Gasteiger partial charge on any atom is 0.253 e. The minimum atomic E-state index is 0.0941. The quantitative estimate of drug-likeness (QED) is 0.908. The highest BCUT2D eigenvalue weighted by atomic mass is 16.5. The highest BCUT2D eigenvalue weighted by molar-refractivity contribution is 5.94. The van der Waals surface area contributed by atoms with E-state index in [2.05, 4.69) is 12.2 Å². The van der Waals surface area contributed by atoms with Gasteiger partial charge >= 0.3 is 0 Å². The van der Waals surface area contributed by atoms with Crippen molar-refractivity contribution < 1.29 is 9.53 Å². The zero-order chi connectivity index (χ0) is 13.8. The third kappa shape index (κ3) is 3.07. The molecule has 1 N–H and O–H groups in total. The lowest BCUT2D eigenvalue weighted by molar-refractivity contribution is -0.00156. The smallest absolute Gasteiger partial charge is 0.253 e. The molecule has 0 saturated carbocycles. The monoisotopic (exact) mass is 262 g/mol. The molecule has 1 aromatic rings. The number of piperidine rings is 1. The summed E-state index contributed by atoms with van der Waals surface area (Å²) >= 11 is 0. The Balaban J connectivity index is 2.06. The number of benzene rings is 1. The van der Waals surface area contributed by atoms with Crippen LogP contribution >= 0.6 is 0 Å². The number of amides is 1. The summed E-state index contributed by atoms with van der Waals surface area (Å²) in [5, 5.41) is 3.05. The minimum Gasteiger partial charge on any atom is -0.388 e. The van der Waals surface area contributed by atoms with E-state index in [1.165, 1.54) is 0 Å². The van der Waals surface area contributed by atoms with E-state index in [1.807, 2.05) is 36.2 Å². The number of hydrogen-bond acceptors (Lipinski definition) is 3. The van der Waals surface area contributed by atoms with Crippen LogP contribution in [0.3, 0.4) is 0 Å². The molecule has 0 spiro atoms. The fourth-order valence-corrected chi connectivity index (χ4v) is 2.49. The van der Waals surface area contributed by atoms with Gasteiger partial charge in [-0.25, -0.2) is 0 Å². The molecular formula is C15H22N2O2. The maximum atomic E-state index is 12.4. The highest BCUT2D eigenvalue weighted by Gasteiger charge is 2.29. The van der Waals surface area contributed by atoms with Crippen molar-refractivity contribution >= 4 is 11.6 Å². The van der Waals surface area contributed by atoms with Crippen LogP contribution in [0, 0.1) is 5.92 Å². The van der Waals surface area contributed by atoms with Gasteiger partial charge in [-0.05, 0) is 36.6 Å². The van der Waals surface area contributed by atoms with Crippen molar-refractivity contribution in [1.29, 1.82) is 0 Å². The first-order valence-electron chi connectivity index (χ1n) is 6.75.